The number of carbonyl (C=O) groups excluding carboxylic acids is 1. The summed E-state index contributed by atoms with van der Waals surface area (Å²) in [5, 5.41) is 0. The lowest BCUT2D eigenvalue weighted by Crippen LogP contribution is -2.42. The summed E-state index contributed by atoms with van der Waals surface area (Å²) in [7, 11) is -3.58. The molecule has 2 aliphatic heterocycles. The van der Waals surface area contributed by atoms with Crippen molar-refractivity contribution in [3.05, 3.63) is 65.0 Å². The molecule has 2 aliphatic rings. The maximum absolute atomic E-state index is 15.0. The van der Waals surface area contributed by atoms with E-state index in [1.807, 2.05) is 18.2 Å². The van der Waals surface area contributed by atoms with Crippen LogP contribution >= 0.6 is 0 Å². The van der Waals surface area contributed by atoms with Gasteiger partial charge in [0.15, 0.2) is 0 Å². The fourth-order valence-electron chi connectivity index (χ4n) is 4.18. The zero-order chi connectivity index (χ0) is 22.1. The Morgan fingerprint density at radius 1 is 1.13 bits per heavy atom. The summed E-state index contributed by atoms with van der Waals surface area (Å²) >= 11 is 0. The van der Waals surface area contributed by atoms with Crippen molar-refractivity contribution < 1.29 is 31.3 Å². The topological polar surface area (TPSA) is 82.1 Å². The Morgan fingerprint density at radius 2 is 1.84 bits per heavy atom. The third-order valence-corrected chi connectivity index (χ3v) is 6.18. The summed E-state index contributed by atoms with van der Waals surface area (Å²) in [4.78, 5) is 14.8. The van der Waals surface area contributed by atoms with Gasteiger partial charge in [-0.05, 0) is 11.6 Å². The highest BCUT2D eigenvalue weighted by molar-refractivity contribution is 7.85. The average Bonchev–Trinajstić information content (AvgIpc) is 2.99. The number of nitrogens with zero attached hydrogens (tertiary/aromatic N) is 1. The molecule has 0 amide bonds. The maximum Gasteiger partial charge on any atom is 0.339 e. The molecule has 0 aliphatic carbocycles. The van der Waals surface area contributed by atoms with Gasteiger partial charge in [-0.2, -0.15) is 8.42 Å². The molecular weight excluding hydrogens is 425 g/mol. The fourth-order valence-corrected chi connectivity index (χ4v) is 4.55. The van der Waals surface area contributed by atoms with Crippen LogP contribution in [0.4, 0.5) is 4.39 Å². The van der Waals surface area contributed by atoms with Crippen molar-refractivity contribution in [2.45, 2.75) is 25.0 Å². The Labute approximate surface area is 180 Å². The number of likely N-dealkylation sites (tertiary alicyclic amines) is 1. The summed E-state index contributed by atoms with van der Waals surface area (Å²) in [6, 6.07) is 12.8. The molecule has 9 heteroatoms. The van der Waals surface area contributed by atoms with Crippen molar-refractivity contribution in [2.24, 2.45) is 0 Å². The Balaban J connectivity index is 1.44. The predicted molar refractivity (Wildman–Crippen MR) is 111 cm³/mol. The molecule has 166 valence electrons. The highest BCUT2D eigenvalue weighted by Gasteiger charge is 2.49. The Morgan fingerprint density at radius 3 is 2.52 bits per heavy atom. The van der Waals surface area contributed by atoms with E-state index in [0.29, 0.717) is 25.9 Å². The minimum absolute atomic E-state index is 0.0973. The van der Waals surface area contributed by atoms with E-state index in [4.69, 9.17) is 9.47 Å². The highest BCUT2D eigenvalue weighted by atomic mass is 32.2. The summed E-state index contributed by atoms with van der Waals surface area (Å²) in [5.74, 6) is -0.994. The first-order chi connectivity index (χ1) is 14.8. The molecule has 0 aromatic heterocycles. The number of fused-ring (bicyclic) bond motifs is 2. The Kier molecular flexibility index (Phi) is 6.00. The van der Waals surface area contributed by atoms with Crippen molar-refractivity contribution in [1.29, 1.82) is 0 Å². The van der Waals surface area contributed by atoms with Crippen LogP contribution < -0.4 is 4.74 Å². The number of carbonyl (C=O) groups is 1. The van der Waals surface area contributed by atoms with Crippen molar-refractivity contribution in [3.63, 3.8) is 0 Å². The number of esters is 1. The third-order valence-electron chi connectivity index (χ3n) is 5.59. The lowest BCUT2D eigenvalue weighted by Gasteiger charge is -2.38. The van der Waals surface area contributed by atoms with E-state index >= 15 is 4.39 Å². The van der Waals surface area contributed by atoms with Gasteiger partial charge in [0.25, 0.3) is 10.1 Å². The van der Waals surface area contributed by atoms with Gasteiger partial charge in [-0.15, -0.1) is 0 Å². The van der Waals surface area contributed by atoms with Gasteiger partial charge in [0, 0.05) is 44.1 Å². The van der Waals surface area contributed by atoms with Crippen LogP contribution in [0.3, 0.4) is 0 Å². The highest BCUT2D eigenvalue weighted by Crippen LogP contribution is 2.46. The van der Waals surface area contributed by atoms with Crippen LogP contribution in [0.2, 0.25) is 0 Å². The Bertz CT molecular complexity index is 1060. The molecular formula is C22H24FNO6S. The second kappa shape index (κ2) is 8.57. The SMILES string of the molecule is CS(=O)(=O)OCCOc1cc(F)c2c(c1)C(=O)OC21CCN(Cc2ccccc2)CC1. The number of piperidine rings is 1. The summed E-state index contributed by atoms with van der Waals surface area (Å²) < 4.78 is 52.7. The van der Waals surface area contributed by atoms with Gasteiger partial charge in [-0.1, -0.05) is 30.3 Å². The van der Waals surface area contributed by atoms with Crippen LogP contribution in [0.5, 0.6) is 5.75 Å². The number of benzene rings is 2. The molecule has 0 unspecified atom stereocenters. The summed E-state index contributed by atoms with van der Waals surface area (Å²) in [6.07, 6.45) is 1.96. The van der Waals surface area contributed by atoms with Gasteiger partial charge in [-0.25, -0.2) is 9.18 Å². The Hall–Kier alpha value is -2.49. The minimum Gasteiger partial charge on any atom is -0.491 e. The van der Waals surface area contributed by atoms with Crippen LogP contribution in [-0.4, -0.2) is 51.8 Å². The molecule has 0 bridgehead atoms. The molecule has 7 nitrogen and oxygen atoms in total. The molecule has 2 aromatic carbocycles. The van der Waals surface area contributed by atoms with Gasteiger partial charge in [0.05, 0.1) is 11.8 Å². The second-order valence-corrected chi connectivity index (χ2v) is 9.49. The van der Waals surface area contributed by atoms with Gasteiger partial charge in [0.2, 0.25) is 0 Å². The van der Waals surface area contributed by atoms with Crippen LogP contribution in [-0.2, 0) is 31.2 Å². The number of rotatable bonds is 7. The molecule has 2 heterocycles. The van der Waals surface area contributed by atoms with Crippen molar-refractivity contribution >= 4 is 16.1 Å². The fraction of sp³-hybridized carbons (Fsp3) is 0.409. The van der Waals surface area contributed by atoms with Crippen LogP contribution in [0, 0.1) is 5.82 Å². The van der Waals surface area contributed by atoms with Crippen LogP contribution in [0.15, 0.2) is 42.5 Å². The monoisotopic (exact) mass is 449 g/mol. The van der Waals surface area contributed by atoms with E-state index in [1.165, 1.54) is 17.7 Å². The molecule has 1 fully saturated rings. The predicted octanol–water partition coefficient (Wildman–Crippen LogP) is 2.84. The van der Waals surface area contributed by atoms with E-state index in [9.17, 15) is 13.2 Å². The second-order valence-electron chi connectivity index (χ2n) is 7.85. The van der Waals surface area contributed by atoms with Gasteiger partial charge in [0.1, 0.15) is 30.4 Å². The molecule has 0 atom stereocenters. The largest absolute Gasteiger partial charge is 0.491 e. The summed E-state index contributed by atoms with van der Waals surface area (Å²) in [6.45, 7) is 1.86. The first-order valence-corrected chi connectivity index (χ1v) is 11.9. The first-order valence-electron chi connectivity index (χ1n) is 10.1. The third kappa shape index (κ3) is 4.89. The van der Waals surface area contributed by atoms with Crippen molar-refractivity contribution in [2.75, 3.05) is 32.6 Å². The molecule has 0 N–H and O–H groups in total. The summed E-state index contributed by atoms with van der Waals surface area (Å²) in [5.41, 5.74) is 0.698. The van der Waals surface area contributed by atoms with Crippen LogP contribution in [0.25, 0.3) is 0 Å². The molecule has 31 heavy (non-hydrogen) atoms. The lowest BCUT2D eigenvalue weighted by atomic mass is 9.83. The van der Waals surface area contributed by atoms with E-state index in [0.717, 1.165) is 12.8 Å². The molecule has 0 radical (unpaired) electrons. The number of hydrogen-bond donors (Lipinski definition) is 0. The van der Waals surface area contributed by atoms with Crippen molar-refractivity contribution in [1.82, 2.24) is 4.90 Å². The van der Waals surface area contributed by atoms with Crippen molar-refractivity contribution in [3.8, 4) is 5.75 Å². The van der Waals surface area contributed by atoms with E-state index in [-0.39, 0.29) is 30.1 Å². The maximum atomic E-state index is 15.0. The minimum atomic E-state index is -3.58. The lowest BCUT2D eigenvalue weighted by molar-refractivity contribution is -0.0454. The first kappa shape index (κ1) is 21.7. The average molecular weight is 450 g/mol. The quantitative estimate of drug-likeness (QED) is 0.365. The zero-order valence-electron chi connectivity index (χ0n) is 17.2. The standard InChI is InChI=1S/C22H24FNO6S/c1-31(26,27)29-12-11-28-17-13-18-20(19(23)14-17)22(30-21(18)25)7-9-24(10-8-22)15-16-5-3-2-4-6-16/h2-6,13-14H,7-12,15H2,1H3. The molecule has 4 rings (SSSR count). The molecule has 1 spiro atoms. The van der Waals surface area contributed by atoms with E-state index in [1.54, 1.807) is 0 Å². The number of hydrogen-bond acceptors (Lipinski definition) is 7. The normalized spacial score (nSPS) is 18.1. The van der Waals surface area contributed by atoms with Gasteiger partial charge >= 0.3 is 5.97 Å². The van der Waals surface area contributed by atoms with Gasteiger partial charge in [-0.3, -0.25) is 9.08 Å². The van der Waals surface area contributed by atoms with Crippen LogP contribution in [0.1, 0.15) is 34.3 Å². The van der Waals surface area contributed by atoms with E-state index in [2.05, 4.69) is 21.2 Å². The smallest absolute Gasteiger partial charge is 0.339 e. The van der Waals surface area contributed by atoms with Gasteiger partial charge < -0.3 is 9.47 Å². The van der Waals surface area contributed by atoms with E-state index < -0.39 is 27.5 Å². The zero-order valence-corrected chi connectivity index (χ0v) is 18.0. The number of halogens is 1. The number of ether oxygens (including phenoxy) is 2. The molecule has 1 saturated heterocycles. The molecule has 2 aromatic rings. The molecule has 0 saturated carbocycles.